The van der Waals surface area contributed by atoms with Crippen molar-refractivity contribution in [1.82, 2.24) is 0 Å². The maximum absolute atomic E-state index is 11.1. The molecule has 0 aliphatic heterocycles. The molecule has 0 spiro atoms. The molecule has 2 rings (SSSR count). The number of rotatable bonds is 1. The lowest BCUT2D eigenvalue weighted by atomic mass is 9.82. The molecule has 2 atom stereocenters. The number of carboxylic acids is 1. The summed E-state index contributed by atoms with van der Waals surface area (Å²) in [5.41, 5.74) is 1.55. The Balaban J connectivity index is 2.56. The van der Waals surface area contributed by atoms with Crippen molar-refractivity contribution >= 4 is 33.2 Å². The summed E-state index contributed by atoms with van der Waals surface area (Å²) < 4.78 is 0.779. The van der Waals surface area contributed by atoms with Crippen LogP contribution in [0.1, 0.15) is 47.0 Å². The van der Waals surface area contributed by atoms with Gasteiger partial charge >= 0.3 is 5.97 Å². The van der Waals surface area contributed by atoms with Gasteiger partial charge in [-0.3, -0.25) is 0 Å². The molecule has 0 saturated carbocycles. The smallest absolute Gasteiger partial charge is 0.338 e. The Bertz CT molecular complexity index is 411. The third kappa shape index (κ3) is 1.85. The van der Waals surface area contributed by atoms with Crippen molar-refractivity contribution in [3.63, 3.8) is 0 Å². The van der Waals surface area contributed by atoms with Crippen LogP contribution >= 0.6 is 27.3 Å². The van der Waals surface area contributed by atoms with Gasteiger partial charge in [0, 0.05) is 4.88 Å². The first kappa shape index (κ1) is 11.1. The molecule has 1 N–H and O–H groups in total. The number of hydrogen-bond donors (Lipinski definition) is 1. The lowest BCUT2D eigenvalue weighted by Gasteiger charge is -2.24. The molecule has 0 aromatic carbocycles. The molecule has 1 aromatic heterocycles. The summed E-state index contributed by atoms with van der Waals surface area (Å²) in [4.78, 5) is 12.4. The van der Waals surface area contributed by atoms with E-state index in [2.05, 4.69) is 29.8 Å². The number of thiophene rings is 1. The second kappa shape index (κ2) is 3.91. The molecule has 1 heterocycles. The highest BCUT2D eigenvalue weighted by Gasteiger charge is 2.30. The zero-order valence-electron chi connectivity index (χ0n) is 8.71. The van der Waals surface area contributed by atoms with E-state index in [1.807, 2.05) is 0 Å². The van der Waals surface area contributed by atoms with Gasteiger partial charge < -0.3 is 5.11 Å². The largest absolute Gasteiger partial charge is 0.478 e. The summed E-state index contributed by atoms with van der Waals surface area (Å²) in [6.07, 6.45) is 2.07. The predicted octanol–water partition coefficient (Wildman–Crippen LogP) is 3.89. The SMILES string of the molecule is CC1Cc2c(sc(Br)c2C(=O)O)C(C)C1. The molecule has 1 aromatic rings. The van der Waals surface area contributed by atoms with Crippen molar-refractivity contribution in [3.05, 3.63) is 19.8 Å². The Morgan fingerprint density at radius 3 is 2.80 bits per heavy atom. The van der Waals surface area contributed by atoms with E-state index in [0.717, 1.165) is 15.8 Å². The number of carbonyl (C=O) groups is 1. The Labute approximate surface area is 101 Å². The molecule has 1 aliphatic rings. The monoisotopic (exact) mass is 288 g/mol. The maximum atomic E-state index is 11.1. The van der Waals surface area contributed by atoms with Gasteiger partial charge in [0.2, 0.25) is 0 Å². The molecule has 4 heteroatoms. The summed E-state index contributed by atoms with van der Waals surface area (Å²) in [5.74, 6) is 0.283. The summed E-state index contributed by atoms with van der Waals surface area (Å²) in [6.45, 7) is 4.37. The fourth-order valence-electron chi connectivity index (χ4n) is 2.41. The zero-order valence-corrected chi connectivity index (χ0v) is 11.1. The van der Waals surface area contributed by atoms with Crippen molar-refractivity contribution in [2.75, 3.05) is 0 Å². The number of fused-ring (bicyclic) bond motifs is 1. The minimum absolute atomic E-state index is 0.494. The van der Waals surface area contributed by atoms with Crippen molar-refractivity contribution in [2.24, 2.45) is 5.92 Å². The quantitative estimate of drug-likeness (QED) is 0.851. The normalized spacial score (nSPS) is 25.0. The van der Waals surface area contributed by atoms with Crippen LogP contribution in [0, 0.1) is 5.92 Å². The molecule has 1 aliphatic carbocycles. The lowest BCUT2D eigenvalue weighted by molar-refractivity contribution is 0.0695. The Morgan fingerprint density at radius 2 is 2.20 bits per heavy atom. The molecule has 0 saturated heterocycles. The maximum Gasteiger partial charge on any atom is 0.338 e. The molecular formula is C11H13BrO2S. The van der Waals surface area contributed by atoms with Crippen LogP contribution in [0.15, 0.2) is 3.79 Å². The van der Waals surface area contributed by atoms with E-state index >= 15 is 0 Å². The second-order valence-electron chi connectivity index (χ2n) is 4.34. The Morgan fingerprint density at radius 1 is 1.53 bits per heavy atom. The van der Waals surface area contributed by atoms with E-state index in [1.54, 1.807) is 11.3 Å². The standard InChI is InChI=1S/C11H13BrO2S/c1-5-3-6(2)9-7(4-5)8(11(13)14)10(12)15-9/h5-6H,3-4H2,1-2H3,(H,13,14). The lowest BCUT2D eigenvalue weighted by Crippen LogP contribution is -2.15. The molecule has 82 valence electrons. The van der Waals surface area contributed by atoms with E-state index in [4.69, 9.17) is 5.11 Å². The number of halogens is 1. The zero-order chi connectivity index (χ0) is 11.2. The number of aromatic carboxylic acids is 1. The average Bonchev–Trinajstić information content (AvgIpc) is 2.41. The van der Waals surface area contributed by atoms with Crippen molar-refractivity contribution in [2.45, 2.75) is 32.6 Å². The van der Waals surface area contributed by atoms with Gasteiger partial charge in [0.05, 0.1) is 9.35 Å². The van der Waals surface area contributed by atoms with Crippen LogP contribution in [0.5, 0.6) is 0 Å². The van der Waals surface area contributed by atoms with Gasteiger partial charge in [0.1, 0.15) is 0 Å². The van der Waals surface area contributed by atoms with Crippen LogP contribution in [-0.4, -0.2) is 11.1 Å². The van der Waals surface area contributed by atoms with Crippen LogP contribution in [0.4, 0.5) is 0 Å². The third-order valence-corrected chi connectivity index (χ3v) is 5.10. The first-order valence-electron chi connectivity index (χ1n) is 5.05. The second-order valence-corrected chi connectivity index (χ2v) is 6.71. The summed E-state index contributed by atoms with van der Waals surface area (Å²) >= 11 is 4.95. The minimum Gasteiger partial charge on any atom is -0.478 e. The number of carboxylic acid groups (broad SMARTS) is 1. The average molecular weight is 289 g/mol. The van der Waals surface area contributed by atoms with E-state index in [1.165, 1.54) is 11.3 Å². The van der Waals surface area contributed by atoms with Gasteiger partial charge in [-0.1, -0.05) is 13.8 Å². The van der Waals surface area contributed by atoms with Crippen LogP contribution in [0.3, 0.4) is 0 Å². The molecule has 0 amide bonds. The van der Waals surface area contributed by atoms with Crippen molar-refractivity contribution in [3.8, 4) is 0 Å². The van der Waals surface area contributed by atoms with Crippen LogP contribution in [-0.2, 0) is 6.42 Å². The highest BCUT2D eigenvalue weighted by atomic mass is 79.9. The number of hydrogen-bond acceptors (Lipinski definition) is 2. The topological polar surface area (TPSA) is 37.3 Å². The first-order valence-corrected chi connectivity index (χ1v) is 6.66. The van der Waals surface area contributed by atoms with E-state index in [-0.39, 0.29) is 0 Å². The molecule has 2 nitrogen and oxygen atoms in total. The predicted molar refractivity (Wildman–Crippen MR) is 64.9 cm³/mol. The van der Waals surface area contributed by atoms with E-state index < -0.39 is 5.97 Å². The van der Waals surface area contributed by atoms with E-state index in [9.17, 15) is 4.79 Å². The van der Waals surface area contributed by atoms with E-state index in [0.29, 0.717) is 17.4 Å². The van der Waals surface area contributed by atoms with Gasteiger partial charge in [-0.15, -0.1) is 11.3 Å². The Kier molecular flexibility index (Phi) is 2.90. The van der Waals surface area contributed by atoms with Crippen molar-refractivity contribution in [1.29, 1.82) is 0 Å². The molecule has 15 heavy (non-hydrogen) atoms. The summed E-state index contributed by atoms with van der Waals surface area (Å²) in [7, 11) is 0. The van der Waals surface area contributed by atoms with Gasteiger partial charge in [0.25, 0.3) is 0 Å². The Hall–Kier alpha value is -0.350. The van der Waals surface area contributed by atoms with Crippen LogP contribution in [0.2, 0.25) is 0 Å². The fourth-order valence-corrected chi connectivity index (χ4v) is 4.45. The minimum atomic E-state index is -0.805. The van der Waals surface area contributed by atoms with Crippen molar-refractivity contribution < 1.29 is 9.90 Å². The molecule has 0 fully saturated rings. The summed E-state index contributed by atoms with van der Waals surface area (Å²) in [6, 6.07) is 0. The highest BCUT2D eigenvalue weighted by molar-refractivity contribution is 9.11. The van der Waals surface area contributed by atoms with Gasteiger partial charge in [-0.05, 0) is 46.2 Å². The third-order valence-electron chi connectivity index (χ3n) is 2.97. The molecular weight excluding hydrogens is 276 g/mol. The van der Waals surface area contributed by atoms with Crippen LogP contribution in [0.25, 0.3) is 0 Å². The van der Waals surface area contributed by atoms with Gasteiger partial charge in [-0.25, -0.2) is 4.79 Å². The van der Waals surface area contributed by atoms with Gasteiger partial charge in [-0.2, -0.15) is 0 Å². The summed E-state index contributed by atoms with van der Waals surface area (Å²) in [5, 5.41) is 9.16. The highest BCUT2D eigenvalue weighted by Crippen LogP contribution is 2.44. The van der Waals surface area contributed by atoms with Crippen LogP contribution < -0.4 is 0 Å². The first-order chi connectivity index (χ1) is 7.00. The fraction of sp³-hybridized carbons (Fsp3) is 0.545. The molecule has 2 unspecified atom stereocenters. The molecule has 0 radical (unpaired) electrons. The van der Waals surface area contributed by atoms with Gasteiger partial charge in [0.15, 0.2) is 0 Å². The molecule has 0 bridgehead atoms.